The van der Waals surface area contributed by atoms with E-state index in [4.69, 9.17) is 15.6 Å². The highest BCUT2D eigenvalue weighted by Crippen LogP contribution is 2.31. The summed E-state index contributed by atoms with van der Waals surface area (Å²) in [5, 5.41) is 8.83. The minimum absolute atomic E-state index is 0.0255. The molecule has 0 saturated carbocycles. The van der Waals surface area contributed by atoms with E-state index in [9.17, 15) is 4.79 Å². The van der Waals surface area contributed by atoms with Gasteiger partial charge in [0.15, 0.2) is 0 Å². The molecule has 0 amide bonds. The van der Waals surface area contributed by atoms with Crippen molar-refractivity contribution in [2.24, 2.45) is 5.73 Å². The minimum Gasteiger partial charge on any atom is -0.496 e. The third kappa shape index (κ3) is 2.73. The van der Waals surface area contributed by atoms with Crippen molar-refractivity contribution >= 4 is 5.97 Å². The van der Waals surface area contributed by atoms with E-state index >= 15 is 0 Å². The first-order chi connectivity index (χ1) is 7.60. The Morgan fingerprint density at radius 1 is 1.56 bits per heavy atom. The maximum atomic E-state index is 10.8. The van der Waals surface area contributed by atoms with Gasteiger partial charge in [-0.05, 0) is 25.1 Å². The Hall–Kier alpha value is -1.55. The summed E-state index contributed by atoms with van der Waals surface area (Å²) < 4.78 is 5.24. The van der Waals surface area contributed by atoms with E-state index in [0.29, 0.717) is 12.3 Å². The Morgan fingerprint density at radius 2 is 2.25 bits per heavy atom. The van der Waals surface area contributed by atoms with Gasteiger partial charge >= 0.3 is 5.97 Å². The van der Waals surface area contributed by atoms with E-state index in [0.717, 1.165) is 11.1 Å². The molecule has 0 aromatic heterocycles. The van der Waals surface area contributed by atoms with Crippen LogP contribution in [0.4, 0.5) is 0 Å². The maximum Gasteiger partial charge on any atom is 0.304 e. The van der Waals surface area contributed by atoms with Gasteiger partial charge in [-0.2, -0.15) is 0 Å². The molecule has 0 aliphatic heterocycles. The average molecular weight is 223 g/mol. The Bertz CT molecular complexity index is 377. The van der Waals surface area contributed by atoms with Crippen molar-refractivity contribution in [3.63, 3.8) is 0 Å². The summed E-state index contributed by atoms with van der Waals surface area (Å²) >= 11 is 0. The molecule has 0 fully saturated rings. The van der Waals surface area contributed by atoms with E-state index in [1.54, 1.807) is 7.11 Å². The summed E-state index contributed by atoms with van der Waals surface area (Å²) in [6, 6.07) is 5.64. The maximum absolute atomic E-state index is 10.8. The van der Waals surface area contributed by atoms with Gasteiger partial charge in [-0.1, -0.05) is 12.1 Å². The molecule has 0 spiro atoms. The fraction of sp³-hybridized carbons (Fsp3) is 0.417. The first-order valence-electron chi connectivity index (χ1n) is 5.15. The standard InChI is InChI=1S/C12H17NO3/c1-8-4-3-5-10(16-2)12(8)9(7-13)6-11(14)15/h3-5,9H,6-7,13H2,1-2H3,(H,14,15). The second-order valence-electron chi connectivity index (χ2n) is 3.72. The Balaban J connectivity index is 3.12. The van der Waals surface area contributed by atoms with Gasteiger partial charge in [-0.25, -0.2) is 0 Å². The lowest BCUT2D eigenvalue weighted by molar-refractivity contribution is -0.137. The van der Waals surface area contributed by atoms with Crippen LogP contribution in [0.3, 0.4) is 0 Å². The first-order valence-corrected chi connectivity index (χ1v) is 5.15. The summed E-state index contributed by atoms with van der Waals surface area (Å²) in [6.07, 6.45) is 0.0255. The number of hydrogen-bond donors (Lipinski definition) is 2. The molecule has 3 N–H and O–H groups in total. The third-order valence-corrected chi connectivity index (χ3v) is 2.62. The topological polar surface area (TPSA) is 72.5 Å². The molecule has 0 aliphatic carbocycles. The summed E-state index contributed by atoms with van der Waals surface area (Å²) in [4.78, 5) is 10.8. The van der Waals surface area contributed by atoms with E-state index < -0.39 is 5.97 Å². The normalized spacial score (nSPS) is 12.2. The van der Waals surface area contributed by atoms with Crippen LogP contribution in [0.2, 0.25) is 0 Å². The van der Waals surface area contributed by atoms with Gasteiger partial charge in [-0.3, -0.25) is 4.79 Å². The summed E-state index contributed by atoms with van der Waals surface area (Å²) in [5.41, 5.74) is 7.53. The van der Waals surface area contributed by atoms with Gasteiger partial charge in [0, 0.05) is 11.5 Å². The lowest BCUT2D eigenvalue weighted by Crippen LogP contribution is -2.18. The van der Waals surface area contributed by atoms with E-state index in [-0.39, 0.29) is 12.3 Å². The number of nitrogens with two attached hydrogens (primary N) is 1. The number of aliphatic carboxylic acids is 1. The third-order valence-electron chi connectivity index (χ3n) is 2.62. The molecule has 1 unspecified atom stereocenters. The van der Waals surface area contributed by atoms with Gasteiger partial charge in [0.25, 0.3) is 0 Å². The summed E-state index contributed by atoms with van der Waals surface area (Å²) in [7, 11) is 1.58. The van der Waals surface area contributed by atoms with Crippen LogP contribution in [0, 0.1) is 6.92 Å². The van der Waals surface area contributed by atoms with Gasteiger partial charge in [0.1, 0.15) is 5.75 Å². The number of methoxy groups -OCH3 is 1. The van der Waals surface area contributed by atoms with Crippen molar-refractivity contribution in [3.05, 3.63) is 29.3 Å². The zero-order valence-corrected chi connectivity index (χ0v) is 9.56. The quantitative estimate of drug-likeness (QED) is 0.793. The van der Waals surface area contributed by atoms with Crippen LogP contribution in [0.15, 0.2) is 18.2 Å². The molecule has 1 aromatic carbocycles. The molecular weight excluding hydrogens is 206 g/mol. The largest absolute Gasteiger partial charge is 0.496 e. The molecule has 88 valence electrons. The number of carboxylic acids is 1. The number of hydrogen-bond acceptors (Lipinski definition) is 3. The van der Waals surface area contributed by atoms with Gasteiger partial charge in [0.2, 0.25) is 0 Å². The Morgan fingerprint density at radius 3 is 2.75 bits per heavy atom. The molecule has 0 heterocycles. The van der Waals surface area contributed by atoms with E-state index in [1.165, 1.54) is 0 Å². The predicted molar refractivity (Wildman–Crippen MR) is 61.8 cm³/mol. The highest BCUT2D eigenvalue weighted by atomic mass is 16.5. The van der Waals surface area contributed by atoms with Crippen molar-refractivity contribution in [3.8, 4) is 5.75 Å². The summed E-state index contributed by atoms with van der Waals surface area (Å²) in [6.45, 7) is 2.23. The molecule has 4 heteroatoms. The molecule has 4 nitrogen and oxygen atoms in total. The van der Waals surface area contributed by atoms with Gasteiger partial charge in [0.05, 0.1) is 13.5 Å². The van der Waals surface area contributed by atoms with Crippen molar-refractivity contribution in [2.45, 2.75) is 19.3 Å². The zero-order valence-electron chi connectivity index (χ0n) is 9.56. The second kappa shape index (κ2) is 5.51. The number of rotatable bonds is 5. The lowest BCUT2D eigenvalue weighted by atomic mass is 9.91. The highest BCUT2D eigenvalue weighted by molar-refractivity contribution is 5.68. The van der Waals surface area contributed by atoms with Crippen LogP contribution < -0.4 is 10.5 Å². The van der Waals surface area contributed by atoms with Crippen molar-refractivity contribution < 1.29 is 14.6 Å². The highest BCUT2D eigenvalue weighted by Gasteiger charge is 2.19. The van der Waals surface area contributed by atoms with Crippen LogP contribution in [0.25, 0.3) is 0 Å². The summed E-state index contributed by atoms with van der Waals surface area (Å²) in [5.74, 6) is -0.342. The van der Waals surface area contributed by atoms with Crippen LogP contribution in [-0.2, 0) is 4.79 Å². The molecule has 1 rings (SSSR count). The SMILES string of the molecule is COc1cccc(C)c1C(CN)CC(=O)O. The van der Waals surface area contributed by atoms with Crippen LogP contribution in [0.5, 0.6) is 5.75 Å². The minimum atomic E-state index is -0.847. The molecule has 0 bridgehead atoms. The van der Waals surface area contributed by atoms with Gasteiger partial charge in [-0.15, -0.1) is 0 Å². The molecule has 0 radical (unpaired) electrons. The molecule has 1 atom stereocenters. The van der Waals surface area contributed by atoms with Crippen molar-refractivity contribution in [1.82, 2.24) is 0 Å². The molecule has 16 heavy (non-hydrogen) atoms. The molecule has 1 aromatic rings. The fourth-order valence-electron chi connectivity index (χ4n) is 1.87. The van der Waals surface area contributed by atoms with Gasteiger partial charge < -0.3 is 15.6 Å². The number of carboxylic acid groups (broad SMARTS) is 1. The van der Waals surface area contributed by atoms with Crippen LogP contribution in [0.1, 0.15) is 23.5 Å². The molecule has 0 saturated heterocycles. The zero-order chi connectivity index (χ0) is 12.1. The first kappa shape index (κ1) is 12.5. The Labute approximate surface area is 95.0 Å². The number of aryl methyl sites for hydroxylation is 1. The fourth-order valence-corrected chi connectivity index (χ4v) is 1.87. The monoisotopic (exact) mass is 223 g/mol. The number of ether oxygens (including phenoxy) is 1. The molecular formula is C12H17NO3. The predicted octanol–water partition coefficient (Wildman–Crippen LogP) is 1.52. The van der Waals surface area contributed by atoms with E-state index in [2.05, 4.69) is 0 Å². The smallest absolute Gasteiger partial charge is 0.304 e. The van der Waals surface area contributed by atoms with Crippen LogP contribution in [-0.4, -0.2) is 24.7 Å². The van der Waals surface area contributed by atoms with E-state index in [1.807, 2.05) is 25.1 Å². The van der Waals surface area contributed by atoms with Crippen LogP contribution >= 0.6 is 0 Å². The lowest BCUT2D eigenvalue weighted by Gasteiger charge is -2.18. The van der Waals surface area contributed by atoms with Crippen molar-refractivity contribution in [2.75, 3.05) is 13.7 Å². The number of benzene rings is 1. The van der Waals surface area contributed by atoms with Crippen molar-refractivity contribution in [1.29, 1.82) is 0 Å². The second-order valence-corrected chi connectivity index (χ2v) is 3.72. The number of carbonyl (C=O) groups is 1. The Kier molecular flexibility index (Phi) is 4.31. The molecule has 0 aliphatic rings. The average Bonchev–Trinajstić information content (AvgIpc) is 2.25.